The smallest absolute Gasteiger partial charge is 0.416 e. The van der Waals surface area contributed by atoms with Crippen LogP contribution in [0.2, 0.25) is 0 Å². The van der Waals surface area contributed by atoms with E-state index in [1.165, 1.54) is 17.0 Å². The molecule has 1 spiro atoms. The minimum Gasteiger partial charge on any atom is -0.504 e. The molecule has 1 unspecified atom stereocenters. The Morgan fingerprint density at radius 2 is 2.02 bits per heavy atom. The first-order chi connectivity index (χ1) is 19.5. The lowest BCUT2D eigenvalue weighted by molar-refractivity contribution is -0.205. The van der Waals surface area contributed by atoms with Crippen LogP contribution in [0.15, 0.2) is 49.1 Å². The first-order valence-corrected chi connectivity index (χ1v) is 13.4. The third-order valence-electron chi connectivity index (χ3n) is 9.46. The van der Waals surface area contributed by atoms with Crippen LogP contribution in [0.4, 0.5) is 13.2 Å². The molecule has 41 heavy (non-hydrogen) atoms. The number of alkyl halides is 3. The molecular formula is C31H28F3N3O4. The Balaban J connectivity index is 1.37. The van der Waals surface area contributed by atoms with Gasteiger partial charge in [0, 0.05) is 36.7 Å². The Bertz CT molecular complexity index is 1540. The zero-order valence-electron chi connectivity index (χ0n) is 22.3. The van der Waals surface area contributed by atoms with Crippen LogP contribution in [0.1, 0.15) is 41.5 Å². The SMILES string of the molecule is C=CCN1C(C#N)C[C@]23c4c5ccc(O)c4O[C@H]2[C@H](N(C)C(=O)C#Cc2ccc(C(F)(F)F)cc2)CC[C@@]3(O)[C@H]1C5. The number of halogens is 3. The van der Waals surface area contributed by atoms with Crippen molar-refractivity contribution >= 4 is 5.91 Å². The van der Waals surface area contributed by atoms with Crippen molar-refractivity contribution in [2.24, 2.45) is 0 Å². The van der Waals surface area contributed by atoms with Gasteiger partial charge in [0.2, 0.25) is 0 Å². The van der Waals surface area contributed by atoms with E-state index in [1.54, 1.807) is 19.2 Å². The Hall–Kier alpha value is -3.99. The van der Waals surface area contributed by atoms with Crippen LogP contribution >= 0.6 is 0 Å². The number of phenols is 1. The van der Waals surface area contributed by atoms with Crippen LogP contribution in [-0.4, -0.2) is 69.3 Å². The normalized spacial score (nSPS) is 31.1. The second-order valence-electron chi connectivity index (χ2n) is 11.3. The van der Waals surface area contributed by atoms with Crippen LogP contribution in [0.25, 0.3) is 0 Å². The lowest BCUT2D eigenvalue weighted by Gasteiger charge is -2.65. The predicted octanol–water partition coefficient (Wildman–Crippen LogP) is 3.52. The van der Waals surface area contributed by atoms with E-state index in [0.717, 1.165) is 17.7 Å². The van der Waals surface area contributed by atoms with Gasteiger partial charge in [-0.3, -0.25) is 9.69 Å². The molecule has 2 fully saturated rings. The van der Waals surface area contributed by atoms with E-state index in [0.29, 0.717) is 31.4 Å². The average Bonchev–Trinajstić information content (AvgIpc) is 3.29. The summed E-state index contributed by atoms with van der Waals surface area (Å²) < 4.78 is 45.1. The number of aromatic hydroxyl groups is 1. The highest BCUT2D eigenvalue weighted by Crippen LogP contribution is 2.66. The van der Waals surface area contributed by atoms with Crippen molar-refractivity contribution < 1.29 is 32.9 Å². The van der Waals surface area contributed by atoms with Crippen molar-refractivity contribution in [3.63, 3.8) is 0 Å². The summed E-state index contributed by atoms with van der Waals surface area (Å²) in [7, 11) is 1.58. The summed E-state index contributed by atoms with van der Waals surface area (Å²) in [6, 6.07) is 8.56. The minimum atomic E-state index is -4.47. The summed E-state index contributed by atoms with van der Waals surface area (Å²) in [4.78, 5) is 16.7. The van der Waals surface area contributed by atoms with E-state index in [9.17, 15) is 33.4 Å². The molecule has 6 rings (SSSR count). The summed E-state index contributed by atoms with van der Waals surface area (Å²) >= 11 is 0. The number of nitrogens with zero attached hydrogens (tertiary/aromatic N) is 3. The number of likely N-dealkylation sites (tertiary alicyclic amines) is 1. The Kier molecular flexibility index (Phi) is 6.15. The lowest BCUT2D eigenvalue weighted by Crippen LogP contribution is -2.79. The van der Waals surface area contributed by atoms with Crippen molar-refractivity contribution in [1.82, 2.24) is 9.80 Å². The van der Waals surface area contributed by atoms with Crippen molar-refractivity contribution in [1.29, 1.82) is 5.26 Å². The Morgan fingerprint density at radius 3 is 2.68 bits per heavy atom. The third kappa shape index (κ3) is 3.78. The monoisotopic (exact) mass is 563 g/mol. The van der Waals surface area contributed by atoms with Gasteiger partial charge in [0.1, 0.15) is 6.10 Å². The molecule has 0 radical (unpaired) electrons. The minimum absolute atomic E-state index is 0.0646. The quantitative estimate of drug-likeness (QED) is 0.438. The van der Waals surface area contributed by atoms with E-state index in [-0.39, 0.29) is 23.5 Å². The molecule has 0 aromatic heterocycles. The molecular weight excluding hydrogens is 535 g/mol. The number of piperidine rings is 1. The van der Waals surface area contributed by atoms with Gasteiger partial charge in [0.25, 0.3) is 5.91 Å². The van der Waals surface area contributed by atoms with Gasteiger partial charge in [0.15, 0.2) is 11.5 Å². The van der Waals surface area contributed by atoms with Gasteiger partial charge in [0.05, 0.1) is 34.7 Å². The first kappa shape index (κ1) is 27.2. The van der Waals surface area contributed by atoms with Gasteiger partial charge in [-0.1, -0.05) is 18.1 Å². The van der Waals surface area contributed by atoms with Gasteiger partial charge >= 0.3 is 6.18 Å². The van der Waals surface area contributed by atoms with Crippen LogP contribution in [0.5, 0.6) is 11.5 Å². The van der Waals surface area contributed by atoms with Gasteiger partial charge < -0.3 is 19.8 Å². The number of hydrogen-bond acceptors (Lipinski definition) is 6. The zero-order chi connectivity index (χ0) is 29.3. The van der Waals surface area contributed by atoms with Crippen LogP contribution in [0, 0.1) is 23.2 Å². The third-order valence-corrected chi connectivity index (χ3v) is 9.46. The molecule has 4 aliphatic rings. The van der Waals surface area contributed by atoms with Gasteiger partial charge in [-0.05, 0) is 61.6 Å². The van der Waals surface area contributed by atoms with E-state index in [4.69, 9.17) is 4.74 Å². The fourth-order valence-electron chi connectivity index (χ4n) is 7.67. The number of ether oxygens (including phenoxy) is 1. The maximum absolute atomic E-state index is 13.3. The maximum atomic E-state index is 13.3. The highest BCUT2D eigenvalue weighted by molar-refractivity contribution is 5.94. The Labute approximate surface area is 235 Å². The largest absolute Gasteiger partial charge is 0.504 e. The highest BCUT2D eigenvalue weighted by atomic mass is 19.4. The fraction of sp³-hybridized carbons (Fsp3) is 0.419. The zero-order valence-corrected chi connectivity index (χ0v) is 22.3. The van der Waals surface area contributed by atoms with Gasteiger partial charge in [-0.25, -0.2) is 0 Å². The molecule has 7 nitrogen and oxygen atoms in total. The van der Waals surface area contributed by atoms with E-state index < -0.39 is 52.9 Å². The number of likely N-dealkylation sites (N-methyl/N-ethyl adjacent to an activating group) is 1. The molecule has 1 saturated carbocycles. The lowest BCUT2D eigenvalue weighted by atomic mass is 9.47. The number of amides is 1. The van der Waals surface area contributed by atoms with Crippen molar-refractivity contribution in [2.45, 2.75) is 67.1 Å². The molecule has 2 aromatic rings. The molecule has 10 heteroatoms. The number of carbonyl (C=O) groups excluding carboxylic acids is 1. The summed E-state index contributed by atoms with van der Waals surface area (Å²) in [5.41, 5.74) is -1.24. The second-order valence-corrected chi connectivity index (χ2v) is 11.3. The van der Waals surface area contributed by atoms with E-state index in [1.807, 2.05) is 11.0 Å². The number of phenolic OH excluding ortho intramolecular Hbond substituents is 1. The highest BCUT2D eigenvalue weighted by Gasteiger charge is 2.74. The molecule has 2 aromatic carbocycles. The number of rotatable bonds is 3. The number of aliphatic hydroxyl groups is 1. The topological polar surface area (TPSA) is 97.0 Å². The van der Waals surface area contributed by atoms with E-state index >= 15 is 0 Å². The predicted molar refractivity (Wildman–Crippen MR) is 142 cm³/mol. The number of carbonyl (C=O) groups is 1. The van der Waals surface area contributed by atoms with Gasteiger partial charge in [-0.15, -0.1) is 6.58 Å². The molecule has 2 bridgehead atoms. The Morgan fingerprint density at radius 1 is 1.29 bits per heavy atom. The molecule has 2 heterocycles. The van der Waals surface area contributed by atoms with Crippen molar-refractivity contribution in [3.05, 3.63) is 71.3 Å². The molecule has 2 aliphatic carbocycles. The standard InChI is InChI=1S/C31H28F3N3O4/c1-3-14-37-21(17-35)16-29-26-19-7-10-23(38)27(26)41-28(29)22(12-13-30(29,40)24(37)15-19)36(2)25(39)11-6-18-4-8-20(9-5-18)31(32,33)34/h3-5,7-10,21-22,24,28,38,40H,1,12-16H2,2H3/t21?,22-,24-,28+,29+,30-/m1/s1. The maximum Gasteiger partial charge on any atom is 0.416 e. The molecule has 212 valence electrons. The van der Waals surface area contributed by atoms with Crippen LogP contribution in [0.3, 0.4) is 0 Å². The first-order valence-electron chi connectivity index (χ1n) is 13.4. The van der Waals surface area contributed by atoms with E-state index in [2.05, 4.69) is 24.5 Å². The molecule has 1 amide bonds. The molecule has 2 aliphatic heterocycles. The second kappa shape index (κ2) is 9.27. The molecule has 2 N–H and O–H groups in total. The molecule has 1 saturated heterocycles. The van der Waals surface area contributed by atoms with Gasteiger partial charge in [-0.2, -0.15) is 18.4 Å². The van der Waals surface area contributed by atoms with Crippen LogP contribution < -0.4 is 4.74 Å². The number of hydrogen-bond donors (Lipinski definition) is 2. The summed E-state index contributed by atoms with van der Waals surface area (Å²) in [6.45, 7) is 4.27. The fourth-order valence-corrected chi connectivity index (χ4v) is 7.67. The molecule has 6 atom stereocenters. The van der Waals surface area contributed by atoms with Crippen LogP contribution in [-0.2, 0) is 22.8 Å². The average molecular weight is 564 g/mol. The number of nitriles is 1. The van der Waals surface area contributed by atoms with Crippen molar-refractivity contribution in [3.8, 4) is 29.4 Å². The summed E-state index contributed by atoms with van der Waals surface area (Å²) in [6.07, 6.45) is -2.08. The number of benzene rings is 2. The van der Waals surface area contributed by atoms with Crippen molar-refractivity contribution in [2.75, 3.05) is 13.6 Å². The summed E-state index contributed by atoms with van der Waals surface area (Å²) in [5.74, 6) is 4.83. The summed E-state index contributed by atoms with van der Waals surface area (Å²) in [5, 5.41) is 33.5.